The Balaban J connectivity index is 1.95. The minimum absolute atomic E-state index is 0.0715. The number of carbonyl (C=O) groups is 2. The monoisotopic (exact) mass is 411 g/mol. The second kappa shape index (κ2) is 9.76. The van der Waals surface area contributed by atoms with Gasteiger partial charge >= 0.3 is 0 Å². The van der Waals surface area contributed by atoms with Crippen LogP contribution < -0.4 is 9.64 Å². The number of thioether (sulfide) groups is 1. The van der Waals surface area contributed by atoms with E-state index in [4.69, 9.17) is 4.74 Å². The van der Waals surface area contributed by atoms with Gasteiger partial charge in [0.1, 0.15) is 5.75 Å². The fraction of sp³-hybridized carbons (Fsp3) is 0.304. The molecule has 1 heterocycles. The van der Waals surface area contributed by atoms with Crippen LogP contribution in [0.25, 0.3) is 5.57 Å². The number of benzene rings is 2. The maximum atomic E-state index is 13.2. The smallest absolute Gasteiger partial charge is 0.272 e. The first kappa shape index (κ1) is 21.1. The van der Waals surface area contributed by atoms with E-state index in [0.717, 1.165) is 24.2 Å². The standard InChI is InChI=1S/C23H25NO4S/c1-3-14-28-19-11-7-17(8-12-19)20-21(29-15-13-25)23(27)24(22(20)26)18-9-5-16(4-2)6-10-18/h5-12,25H,3-4,13-15H2,1-2H3. The molecule has 0 saturated carbocycles. The summed E-state index contributed by atoms with van der Waals surface area (Å²) in [5, 5.41) is 9.23. The van der Waals surface area contributed by atoms with Crippen molar-refractivity contribution in [1.82, 2.24) is 0 Å². The molecule has 0 unspecified atom stereocenters. The van der Waals surface area contributed by atoms with Crippen LogP contribution in [0.5, 0.6) is 5.75 Å². The Labute approximate surface area is 175 Å². The Hall–Kier alpha value is -2.57. The molecule has 6 heteroatoms. The first-order chi connectivity index (χ1) is 14.1. The third-order valence-corrected chi connectivity index (χ3v) is 5.65. The zero-order chi connectivity index (χ0) is 20.8. The minimum Gasteiger partial charge on any atom is -0.494 e. The molecule has 1 aliphatic rings. The van der Waals surface area contributed by atoms with Gasteiger partial charge in [0.05, 0.1) is 29.4 Å². The second-order valence-corrected chi connectivity index (χ2v) is 7.72. The van der Waals surface area contributed by atoms with Crippen molar-refractivity contribution < 1.29 is 19.4 Å². The molecular weight excluding hydrogens is 386 g/mol. The van der Waals surface area contributed by atoms with Crippen LogP contribution in [0.3, 0.4) is 0 Å². The van der Waals surface area contributed by atoms with Gasteiger partial charge in [-0.2, -0.15) is 0 Å². The highest BCUT2D eigenvalue weighted by atomic mass is 32.2. The molecule has 0 aromatic heterocycles. The molecule has 0 atom stereocenters. The summed E-state index contributed by atoms with van der Waals surface area (Å²) in [6, 6.07) is 14.7. The van der Waals surface area contributed by atoms with Gasteiger partial charge < -0.3 is 9.84 Å². The van der Waals surface area contributed by atoms with E-state index in [9.17, 15) is 14.7 Å². The molecule has 152 valence electrons. The van der Waals surface area contributed by atoms with Gasteiger partial charge in [-0.3, -0.25) is 9.59 Å². The summed E-state index contributed by atoms with van der Waals surface area (Å²) < 4.78 is 5.61. The summed E-state index contributed by atoms with van der Waals surface area (Å²) >= 11 is 1.21. The minimum atomic E-state index is -0.348. The van der Waals surface area contributed by atoms with Gasteiger partial charge in [-0.1, -0.05) is 38.1 Å². The summed E-state index contributed by atoms with van der Waals surface area (Å²) in [4.78, 5) is 27.9. The summed E-state index contributed by atoms with van der Waals surface area (Å²) in [7, 11) is 0. The molecule has 0 saturated heterocycles. The molecular formula is C23H25NO4S. The fourth-order valence-electron chi connectivity index (χ4n) is 3.10. The van der Waals surface area contributed by atoms with Crippen LogP contribution in [0.1, 0.15) is 31.4 Å². The van der Waals surface area contributed by atoms with Crippen LogP contribution in [0, 0.1) is 0 Å². The van der Waals surface area contributed by atoms with Gasteiger partial charge in [0, 0.05) is 5.75 Å². The van der Waals surface area contributed by atoms with Gasteiger partial charge in [0.25, 0.3) is 11.8 Å². The molecule has 0 aliphatic carbocycles. The van der Waals surface area contributed by atoms with Gasteiger partial charge in [-0.25, -0.2) is 4.90 Å². The fourth-order valence-corrected chi connectivity index (χ4v) is 3.96. The maximum absolute atomic E-state index is 13.2. The van der Waals surface area contributed by atoms with Crippen LogP contribution >= 0.6 is 11.8 Å². The van der Waals surface area contributed by atoms with E-state index < -0.39 is 0 Å². The molecule has 1 N–H and O–H groups in total. The number of nitrogens with zero attached hydrogens (tertiary/aromatic N) is 1. The number of aliphatic hydroxyl groups is 1. The molecule has 5 nitrogen and oxygen atoms in total. The summed E-state index contributed by atoms with van der Waals surface area (Å²) in [5.41, 5.74) is 2.73. The number of imide groups is 1. The lowest BCUT2D eigenvalue weighted by Gasteiger charge is -2.15. The normalized spacial score (nSPS) is 14.1. The van der Waals surface area contributed by atoms with Crippen molar-refractivity contribution in [2.45, 2.75) is 26.7 Å². The van der Waals surface area contributed by atoms with Crippen LogP contribution in [0.15, 0.2) is 53.4 Å². The van der Waals surface area contributed by atoms with E-state index in [0.29, 0.717) is 34.1 Å². The Morgan fingerprint density at radius 1 is 0.966 bits per heavy atom. The first-order valence-electron chi connectivity index (χ1n) is 9.79. The molecule has 2 aromatic rings. The number of hydrogen-bond donors (Lipinski definition) is 1. The van der Waals surface area contributed by atoms with Crippen LogP contribution in [0.4, 0.5) is 5.69 Å². The highest BCUT2D eigenvalue weighted by molar-refractivity contribution is 8.04. The largest absolute Gasteiger partial charge is 0.494 e. The third-order valence-electron chi connectivity index (χ3n) is 4.60. The van der Waals surface area contributed by atoms with Gasteiger partial charge in [0.2, 0.25) is 0 Å². The molecule has 3 rings (SSSR count). The number of aryl methyl sites for hydroxylation is 1. The lowest BCUT2D eigenvalue weighted by Crippen LogP contribution is -2.31. The number of ether oxygens (including phenoxy) is 1. The molecule has 29 heavy (non-hydrogen) atoms. The highest BCUT2D eigenvalue weighted by Crippen LogP contribution is 2.38. The summed E-state index contributed by atoms with van der Waals surface area (Å²) in [5.74, 6) is 0.378. The number of rotatable bonds is 9. The zero-order valence-electron chi connectivity index (χ0n) is 16.7. The Morgan fingerprint density at radius 3 is 2.24 bits per heavy atom. The van der Waals surface area contributed by atoms with Crippen molar-refractivity contribution in [2.75, 3.05) is 23.9 Å². The van der Waals surface area contributed by atoms with Gasteiger partial charge in [-0.15, -0.1) is 11.8 Å². The lowest BCUT2D eigenvalue weighted by atomic mass is 10.1. The Morgan fingerprint density at radius 2 is 1.66 bits per heavy atom. The molecule has 0 fully saturated rings. The first-order valence-corrected chi connectivity index (χ1v) is 10.8. The topological polar surface area (TPSA) is 66.8 Å². The summed E-state index contributed by atoms with van der Waals surface area (Å²) in [6.07, 6.45) is 1.79. The highest BCUT2D eigenvalue weighted by Gasteiger charge is 2.40. The van der Waals surface area contributed by atoms with Crippen molar-refractivity contribution >= 4 is 34.8 Å². The van der Waals surface area contributed by atoms with Crippen LogP contribution in [0.2, 0.25) is 0 Å². The van der Waals surface area contributed by atoms with E-state index in [1.54, 1.807) is 24.3 Å². The quantitative estimate of drug-likeness (QED) is 0.631. The Kier molecular flexibility index (Phi) is 7.12. The Bertz CT molecular complexity index is 903. The zero-order valence-corrected chi connectivity index (χ0v) is 17.5. The van der Waals surface area contributed by atoms with Gasteiger partial charge in [-0.05, 0) is 48.2 Å². The number of aliphatic hydroxyl groups excluding tert-OH is 1. The molecule has 0 bridgehead atoms. The van der Waals surface area contributed by atoms with Crippen molar-refractivity contribution in [3.8, 4) is 5.75 Å². The van der Waals surface area contributed by atoms with E-state index in [1.165, 1.54) is 16.7 Å². The molecule has 1 aliphatic heterocycles. The maximum Gasteiger partial charge on any atom is 0.272 e. The summed E-state index contributed by atoms with van der Waals surface area (Å²) in [6.45, 7) is 4.64. The van der Waals surface area contributed by atoms with Crippen LogP contribution in [-0.2, 0) is 16.0 Å². The number of amides is 2. The average molecular weight is 412 g/mol. The second-order valence-electron chi connectivity index (χ2n) is 6.61. The molecule has 0 spiro atoms. The molecule has 0 radical (unpaired) electrons. The SMILES string of the molecule is CCCOc1ccc(C2=C(SCCO)C(=O)N(c3ccc(CC)cc3)C2=O)cc1. The molecule has 2 aromatic carbocycles. The van der Waals surface area contributed by atoms with Crippen molar-refractivity contribution in [2.24, 2.45) is 0 Å². The van der Waals surface area contributed by atoms with E-state index in [-0.39, 0.29) is 18.4 Å². The van der Waals surface area contributed by atoms with Crippen molar-refractivity contribution in [3.05, 3.63) is 64.6 Å². The number of hydrogen-bond acceptors (Lipinski definition) is 5. The predicted molar refractivity (Wildman–Crippen MR) is 117 cm³/mol. The predicted octanol–water partition coefficient (Wildman–Crippen LogP) is 4.05. The number of carbonyl (C=O) groups excluding carboxylic acids is 2. The van der Waals surface area contributed by atoms with E-state index >= 15 is 0 Å². The lowest BCUT2D eigenvalue weighted by molar-refractivity contribution is -0.119. The van der Waals surface area contributed by atoms with E-state index in [2.05, 4.69) is 6.92 Å². The van der Waals surface area contributed by atoms with Crippen LogP contribution in [-0.4, -0.2) is 35.9 Å². The molecule has 2 amide bonds. The van der Waals surface area contributed by atoms with Crippen molar-refractivity contribution in [1.29, 1.82) is 0 Å². The van der Waals surface area contributed by atoms with Gasteiger partial charge in [0.15, 0.2) is 0 Å². The van der Waals surface area contributed by atoms with Crippen molar-refractivity contribution in [3.63, 3.8) is 0 Å². The number of anilines is 1. The van der Waals surface area contributed by atoms with E-state index in [1.807, 2.05) is 31.2 Å². The average Bonchev–Trinajstić information content (AvgIpc) is 3.00. The third kappa shape index (κ3) is 4.54.